The lowest BCUT2D eigenvalue weighted by molar-refractivity contribution is -0.206. The molecule has 1 heterocycles. The molecule has 1 fully saturated rings. The molecule has 47 heavy (non-hydrogen) atoms. The molecule has 0 saturated carbocycles. The fourth-order valence-corrected chi connectivity index (χ4v) is 5.55. The number of carbonyl (C=O) groups excluding carboxylic acids is 2. The minimum atomic E-state index is -4.77. The smallest absolute Gasteiger partial charge is 0.449 e. The zero-order chi connectivity index (χ0) is 34.1. The average molecular weight is 665 g/mol. The fourth-order valence-electron chi connectivity index (χ4n) is 5.55. The van der Waals surface area contributed by atoms with Crippen molar-refractivity contribution in [2.75, 3.05) is 13.2 Å². The highest BCUT2D eigenvalue weighted by Crippen LogP contribution is 2.29. The fraction of sp³-hybridized carbons (Fsp3) is 0.611. The summed E-state index contributed by atoms with van der Waals surface area (Å²) in [7, 11) is -0.533. The monoisotopic (exact) mass is 664 g/mol. The molecule has 0 amide bonds. The molecule has 3 rings (SSSR count). The lowest BCUT2D eigenvalue weighted by Crippen LogP contribution is -2.44. The van der Waals surface area contributed by atoms with Crippen molar-refractivity contribution in [3.8, 4) is 5.75 Å². The van der Waals surface area contributed by atoms with Crippen LogP contribution < -0.4 is 10.2 Å². The highest BCUT2D eigenvalue weighted by molar-refractivity contribution is 6.61. The molecule has 1 saturated heterocycles. The maximum Gasteiger partial charge on any atom is 0.493 e. The zero-order valence-electron chi connectivity index (χ0n) is 27.8. The van der Waals surface area contributed by atoms with Crippen LogP contribution in [0.3, 0.4) is 0 Å². The first-order valence-corrected chi connectivity index (χ1v) is 17.2. The van der Waals surface area contributed by atoms with E-state index in [2.05, 4.69) is 11.7 Å². The normalized spacial score (nSPS) is 14.6. The van der Waals surface area contributed by atoms with Crippen LogP contribution in [0.25, 0.3) is 0 Å². The zero-order valence-corrected chi connectivity index (χ0v) is 27.8. The summed E-state index contributed by atoms with van der Waals surface area (Å²) in [4.78, 5) is 25.1. The number of rotatable bonds is 20. The number of ether oxygens (including phenoxy) is 2. The van der Waals surface area contributed by atoms with Gasteiger partial charge in [0.05, 0.1) is 11.1 Å². The molecule has 2 aromatic rings. The molecule has 0 bridgehead atoms. The van der Waals surface area contributed by atoms with Crippen LogP contribution in [-0.2, 0) is 14.0 Å². The van der Waals surface area contributed by atoms with Gasteiger partial charge in [-0.1, -0.05) is 103 Å². The van der Waals surface area contributed by atoms with E-state index < -0.39 is 49.1 Å². The Morgan fingerprint density at radius 3 is 1.96 bits per heavy atom. The van der Waals surface area contributed by atoms with E-state index in [9.17, 15) is 27.2 Å². The maximum absolute atomic E-state index is 14.7. The van der Waals surface area contributed by atoms with Crippen molar-refractivity contribution in [2.45, 2.75) is 122 Å². The van der Waals surface area contributed by atoms with Crippen molar-refractivity contribution in [3.63, 3.8) is 0 Å². The number of hydrogen-bond donors (Lipinski definition) is 0. The summed E-state index contributed by atoms with van der Waals surface area (Å²) in [5, 5.41) is 0. The van der Waals surface area contributed by atoms with Gasteiger partial charge in [0.25, 0.3) is 0 Å². The Balaban J connectivity index is 1.42. The van der Waals surface area contributed by atoms with Crippen LogP contribution in [0.1, 0.15) is 131 Å². The van der Waals surface area contributed by atoms with Gasteiger partial charge < -0.3 is 18.8 Å². The SMILES string of the molecule is CCCCCCCCCCCC1COB(c2ccc(C(=O)Oc3ccc(C(=O)OC(CCCCCC)C(F)(F)F)c(F)c3)cc2)OC1. The van der Waals surface area contributed by atoms with Crippen LogP contribution in [0, 0.1) is 11.7 Å². The summed E-state index contributed by atoms with van der Waals surface area (Å²) in [6.07, 6.45) is 7.58. The summed E-state index contributed by atoms with van der Waals surface area (Å²) in [6.45, 7) is 5.38. The molecular formula is C36H49BF4O6. The maximum atomic E-state index is 14.7. The third-order valence-electron chi connectivity index (χ3n) is 8.41. The molecule has 1 aliphatic heterocycles. The van der Waals surface area contributed by atoms with Crippen LogP contribution in [-0.4, -0.2) is 44.6 Å². The molecule has 1 atom stereocenters. The number of halogens is 4. The highest BCUT2D eigenvalue weighted by atomic mass is 19.4. The standard InChI is InChI=1S/C36H49BF4O6/c1-3-5-7-9-10-11-12-13-14-16-27-25-44-37(45-26-27)29-20-18-28(19-21-29)34(42)46-30-22-23-31(32(38)24-30)35(43)47-33(36(39,40)41)17-15-8-6-4-2/h18-24,27,33H,3-17,25-26H2,1-2H3. The largest absolute Gasteiger partial charge is 0.493 e. The number of hydrogen-bond acceptors (Lipinski definition) is 6. The Labute approximate surface area is 277 Å². The van der Waals surface area contributed by atoms with Crippen LogP contribution in [0.4, 0.5) is 17.6 Å². The van der Waals surface area contributed by atoms with Crippen LogP contribution >= 0.6 is 0 Å². The van der Waals surface area contributed by atoms with E-state index >= 15 is 0 Å². The molecule has 0 radical (unpaired) electrons. The molecular weight excluding hydrogens is 615 g/mol. The van der Waals surface area contributed by atoms with E-state index in [-0.39, 0.29) is 17.7 Å². The summed E-state index contributed by atoms with van der Waals surface area (Å²) in [5.41, 5.74) is 0.257. The lowest BCUT2D eigenvalue weighted by atomic mass is 9.77. The summed E-state index contributed by atoms with van der Waals surface area (Å²) >= 11 is 0. The summed E-state index contributed by atoms with van der Waals surface area (Å²) < 4.78 is 76.6. The molecule has 260 valence electrons. The Kier molecular flexibility index (Phi) is 16.8. The van der Waals surface area contributed by atoms with E-state index in [0.29, 0.717) is 25.6 Å². The Morgan fingerprint density at radius 2 is 1.38 bits per heavy atom. The quantitative estimate of drug-likeness (QED) is 0.0462. The van der Waals surface area contributed by atoms with Crippen molar-refractivity contribution in [3.05, 3.63) is 59.4 Å². The van der Waals surface area contributed by atoms with E-state index in [1.807, 2.05) is 6.92 Å². The number of alkyl halides is 3. The predicted octanol–water partition coefficient (Wildman–Crippen LogP) is 9.38. The Bertz CT molecular complexity index is 1210. The molecule has 2 aromatic carbocycles. The van der Waals surface area contributed by atoms with Gasteiger partial charge in [0, 0.05) is 25.2 Å². The predicted molar refractivity (Wildman–Crippen MR) is 174 cm³/mol. The van der Waals surface area contributed by atoms with Crippen LogP contribution in [0.2, 0.25) is 0 Å². The second kappa shape index (κ2) is 20.5. The van der Waals surface area contributed by atoms with E-state index in [1.54, 1.807) is 24.3 Å². The van der Waals surface area contributed by atoms with Crippen molar-refractivity contribution in [1.29, 1.82) is 0 Å². The second-order valence-electron chi connectivity index (χ2n) is 12.4. The van der Waals surface area contributed by atoms with Crippen molar-refractivity contribution < 1.29 is 45.9 Å². The molecule has 1 aliphatic rings. The second-order valence-corrected chi connectivity index (χ2v) is 12.4. The minimum absolute atomic E-state index is 0.188. The van der Waals surface area contributed by atoms with Gasteiger partial charge in [0.1, 0.15) is 11.6 Å². The number of benzene rings is 2. The van der Waals surface area contributed by atoms with Crippen LogP contribution in [0.5, 0.6) is 5.75 Å². The van der Waals surface area contributed by atoms with Crippen molar-refractivity contribution in [1.82, 2.24) is 0 Å². The lowest BCUT2D eigenvalue weighted by Gasteiger charge is -2.27. The summed E-state index contributed by atoms with van der Waals surface area (Å²) in [6, 6.07) is 9.31. The summed E-state index contributed by atoms with van der Waals surface area (Å²) in [5.74, 6) is -3.22. The molecule has 0 aliphatic carbocycles. The molecule has 1 unspecified atom stereocenters. The first-order valence-electron chi connectivity index (χ1n) is 17.2. The Hall–Kier alpha value is -2.92. The van der Waals surface area contributed by atoms with Gasteiger partial charge in [-0.05, 0) is 49.0 Å². The third kappa shape index (κ3) is 13.6. The van der Waals surface area contributed by atoms with Gasteiger partial charge in [-0.25, -0.2) is 14.0 Å². The van der Waals surface area contributed by atoms with Crippen molar-refractivity contribution >= 4 is 24.5 Å². The third-order valence-corrected chi connectivity index (χ3v) is 8.41. The van der Waals surface area contributed by atoms with E-state index in [0.717, 1.165) is 42.9 Å². The van der Waals surface area contributed by atoms with Crippen LogP contribution in [0.15, 0.2) is 42.5 Å². The minimum Gasteiger partial charge on any atom is -0.449 e. The van der Waals surface area contributed by atoms with Gasteiger partial charge in [-0.2, -0.15) is 13.2 Å². The molecule has 0 aromatic heterocycles. The van der Waals surface area contributed by atoms with E-state index in [1.165, 1.54) is 57.8 Å². The number of carbonyl (C=O) groups is 2. The van der Waals surface area contributed by atoms with Gasteiger partial charge in [-0.15, -0.1) is 0 Å². The van der Waals surface area contributed by atoms with Crippen molar-refractivity contribution in [2.24, 2.45) is 5.92 Å². The molecule has 6 nitrogen and oxygen atoms in total. The van der Waals surface area contributed by atoms with Gasteiger partial charge >= 0.3 is 25.2 Å². The molecule has 0 N–H and O–H groups in total. The Morgan fingerprint density at radius 1 is 0.809 bits per heavy atom. The van der Waals surface area contributed by atoms with E-state index in [4.69, 9.17) is 14.0 Å². The van der Waals surface area contributed by atoms with Gasteiger partial charge in [0.15, 0.2) is 6.10 Å². The topological polar surface area (TPSA) is 71.1 Å². The first kappa shape index (κ1) is 38.5. The van der Waals surface area contributed by atoms with Gasteiger partial charge in [0.2, 0.25) is 0 Å². The first-order chi connectivity index (χ1) is 22.6. The number of esters is 2. The highest BCUT2D eigenvalue weighted by Gasteiger charge is 2.42. The molecule has 0 spiro atoms. The molecule has 11 heteroatoms. The average Bonchev–Trinajstić information content (AvgIpc) is 3.05. The van der Waals surface area contributed by atoms with Gasteiger partial charge in [-0.3, -0.25) is 0 Å². The number of unbranched alkanes of at least 4 members (excludes halogenated alkanes) is 11.